The molecule has 1 saturated carbocycles. The first kappa shape index (κ1) is 12.1. The van der Waals surface area contributed by atoms with Crippen molar-refractivity contribution in [2.45, 2.75) is 32.3 Å². The van der Waals surface area contributed by atoms with Crippen LogP contribution in [0.3, 0.4) is 0 Å². The summed E-state index contributed by atoms with van der Waals surface area (Å²) in [5, 5.41) is 3.59. The van der Waals surface area contributed by atoms with Gasteiger partial charge in [0.15, 0.2) is 11.5 Å². The average Bonchev–Trinajstić information content (AvgIpc) is 2.99. The van der Waals surface area contributed by atoms with E-state index in [0.717, 1.165) is 6.61 Å². The Morgan fingerprint density at radius 1 is 1.59 bits per heavy atom. The molecule has 0 unspecified atom stereocenters. The maximum Gasteiger partial charge on any atom is 0.287 e. The highest BCUT2D eigenvalue weighted by Gasteiger charge is 2.16. The number of hydrazine groups is 1. The van der Waals surface area contributed by atoms with Crippen molar-refractivity contribution in [1.29, 1.82) is 0 Å². The summed E-state index contributed by atoms with van der Waals surface area (Å²) in [6.07, 6.45) is 5.10. The molecule has 6 heteroatoms. The minimum atomic E-state index is -0.462. The maximum atomic E-state index is 11.1. The molecule has 0 aliphatic heterocycles. The lowest BCUT2D eigenvalue weighted by atomic mass is 10.1. The van der Waals surface area contributed by atoms with Crippen molar-refractivity contribution in [3.8, 4) is 0 Å². The van der Waals surface area contributed by atoms with Gasteiger partial charge in [-0.15, -0.1) is 0 Å². The summed E-state index contributed by atoms with van der Waals surface area (Å²) in [4.78, 5) is 11.1. The number of amides is 1. The molecule has 0 radical (unpaired) electrons. The standard InChI is InChI=1S/C11H17N3O3/c12-13-11(15)10-5-9(17-14-10)7-16-6-8-3-1-2-4-8/h5,8H,1-4,6-7,12H2,(H,13,15). The van der Waals surface area contributed by atoms with Crippen LogP contribution in [-0.4, -0.2) is 17.7 Å². The van der Waals surface area contributed by atoms with E-state index in [-0.39, 0.29) is 5.69 Å². The van der Waals surface area contributed by atoms with Crippen LogP contribution in [0.15, 0.2) is 10.6 Å². The van der Waals surface area contributed by atoms with Crippen LogP contribution in [0.4, 0.5) is 0 Å². The Morgan fingerprint density at radius 2 is 2.35 bits per heavy atom. The van der Waals surface area contributed by atoms with E-state index in [4.69, 9.17) is 15.1 Å². The van der Waals surface area contributed by atoms with Crippen molar-refractivity contribution < 1.29 is 14.1 Å². The lowest BCUT2D eigenvalue weighted by Gasteiger charge is -2.07. The van der Waals surface area contributed by atoms with Crippen molar-refractivity contribution >= 4 is 5.91 Å². The zero-order valence-corrected chi connectivity index (χ0v) is 9.65. The molecule has 2 rings (SSSR count). The Kier molecular flexibility index (Phi) is 4.11. The van der Waals surface area contributed by atoms with Gasteiger partial charge in [-0.05, 0) is 18.8 Å². The topological polar surface area (TPSA) is 90.4 Å². The van der Waals surface area contributed by atoms with E-state index >= 15 is 0 Å². The van der Waals surface area contributed by atoms with Gasteiger partial charge >= 0.3 is 0 Å². The van der Waals surface area contributed by atoms with Crippen molar-refractivity contribution in [3.05, 3.63) is 17.5 Å². The highest BCUT2D eigenvalue weighted by molar-refractivity contribution is 5.91. The zero-order valence-electron chi connectivity index (χ0n) is 9.65. The van der Waals surface area contributed by atoms with Gasteiger partial charge in [-0.1, -0.05) is 18.0 Å². The van der Waals surface area contributed by atoms with Crippen LogP contribution in [0.25, 0.3) is 0 Å². The van der Waals surface area contributed by atoms with Gasteiger partial charge in [-0.3, -0.25) is 10.2 Å². The first-order valence-corrected chi connectivity index (χ1v) is 5.84. The molecule has 17 heavy (non-hydrogen) atoms. The number of nitrogen functional groups attached to an aromatic ring is 1. The molecule has 1 amide bonds. The summed E-state index contributed by atoms with van der Waals surface area (Å²) in [6.45, 7) is 1.10. The van der Waals surface area contributed by atoms with Crippen molar-refractivity contribution in [2.24, 2.45) is 11.8 Å². The molecule has 0 spiro atoms. The SMILES string of the molecule is NNC(=O)c1cc(COCC2CCCC2)on1. The fourth-order valence-corrected chi connectivity index (χ4v) is 2.07. The van der Waals surface area contributed by atoms with Gasteiger partial charge in [-0.2, -0.15) is 0 Å². The monoisotopic (exact) mass is 239 g/mol. The van der Waals surface area contributed by atoms with Crippen LogP contribution < -0.4 is 11.3 Å². The van der Waals surface area contributed by atoms with Crippen molar-refractivity contribution in [2.75, 3.05) is 6.61 Å². The van der Waals surface area contributed by atoms with Crippen LogP contribution in [0.1, 0.15) is 41.9 Å². The third kappa shape index (κ3) is 3.28. The van der Waals surface area contributed by atoms with E-state index in [1.807, 2.05) is 5.43 Å². The molecular weight excluding hydrogens is 222 g/mol. The second kappa shape index (κ2) is 5.79. The quantitative estimate of drug-likeness (QED) is 0.454. The van der Waals surface area contributed by atoms with Gasteiger partial charge in [0.1, 0.15) is 6.61 Å². The third-order valence-electron chi connectivity index (χ3n) is 3.00. The summed E-state index contributed by atoms with van der Waals surface area (Å²) in [7, 11) is 0. The number of hydrogen-bond donors (Lipinski definition) is 2. The molecule has 1 fully saturated rings. The van der Waals surface area contributed by atoms with E-state index in [1.165, 1.54) is 31.7 Å². The van der Waals surface area contributed by atoms with Crippen LogP contribution in [0.5, 0.6) is 0 Å². The van der Waals surface area contributed by atoms with Crippen LogP contribution in [-0.2, 0) is 11.3 Å². The second-order valence-corrected chi connectivity index (χ2v) is 4.32. The number of aromatic nitrogens is 1. The van der Waals surface area contributed by atoms with E-state index < -0.39 is 5.91 Å². The average molecular weight is 239 g/mol. The molecule has 0 aromatic carbocycles. The van der Waals surface area contributed by atoms with Gasteiger partial charge in [0.25, 0.3) is 5.91 Å². The van der Waals surface area contributed by atoms with Crippen molar-refractivity contribution in [1.82, 2.24) is 10.6 Å². The number of rotatable bonds is 5. The molecule has 94 valence electrons. The minimum Gasteiger partial charge on any atom is -0.373 e. The summed E-state index contributed by atoms with van der Waals surface area (Å²) < 4.78 is 10.5. The molecule has 0 atom stereocenters. The van der Waals surface area contributed by atoms with Gasteiger partial charge < -0.3 is 9.26 Å². The number of nitrogens with two attached hydrogens (primary N) is 1. The summed E-state index contributed by atoms with van der Waals surface area (Å²) in [6, 6.07) is 1.54. The molecule has 3 N–H and O–H groups in total. The molecule has 1 aliphatic rings. The summed E-state index contributed by atoms with van der Waals surface area (Å²) in [5.74, 6) is 5.74. The van der Waals surface area contributed by atoms with Gasteiger partial charge in [0.05, 0.1) is 0 Å². The predicted octanol–water partition coefficient (Wildman–Crippen LogP) is 0.985. The Morgan fingerprint density at radius 3 is 3.06 bits per heavy atom. The number of nitrogens with one attached hydrogen (secondary N) is 1. The second-order valence-electron chi connectivity index (χ2n) is 4.32. The summed E-state index contributed by atoms with van der Waals surface area (Å²) in [5.41, 5.74) is 2.17. The van der Waals surface area contributed by atoms with E-state index in [1.54, 1.807) is 0 Å². The number of hydrogen-bond acceptors (Lipinski definition) is 5. The van der Waals surface area contributed by atoms with Gasteiger partial charge in [0, 0.05) is 12.7 Å². The normalized spacial score (nSPS) is 16.3. The van der Waals surface area contributed by atoms with Gasteiger partial charge in [0.2, 0.25) is 0 Å². The first-order valence-electron chi connectivity index (χ1n) is 5.84. The highest BCUT2D eigenvalue weighted by Crippen LogP contribution is 2.24. The zero-order chi connectivity index (χ0) is 12.1. The Labute approximate surface area is 99.4 Å². The molecule has 1 aliphatic carbocycles. The molecule has 6 nitrogen and oxygen atoms in total. The lowest BCUT2D eigenvalue weighted by molar-refractivity contribution is 0.0733. The Balaban J connectivity index is 1.74. The summed E-state index contributed by atoms with van der Waals surface area (Å²) >= 11 is 0. The molecule has 1 heterocycles. The predicted molar refractivity (Wildman–Crippen MR) is 59.8 cm³/mol. The van der Waals surface area contributed by atoms with E-state index in [2.05, 4.69) is 5.16 Å². The Hall–Kier alpha value is -1.40. The fraction of sp³-hybridized carbons (Fsp3) is 0.636. The van der Waals surface area contributed by atoms with E-state index in [0.29, 0.717) is 18.3 Å². The van der Waals surface area contributed by atoms with E-state index in [9.17, 15) is 4.79 Å². The number of carbonyl (C=O) groups is 1. The van der Waals surface area contributed by atoms with Crippen LogP contribution >= 0.6 is 0 Å². The number of ether oxygens (including phenoxy) is 1. The molecule has 1 aromatic rings. The fourth-order valence-electron chi connectivity index (χ4n) is 2.07. The van der Waals surface area contributed by atoms with Crippen LogP contribution in [0.2, 0.25) is 0 Å². The molecule has 0 bridgehead atoms. The number of nitrogens with zero attached hydrogens (tertiary/aromatic N) is 1. The minimum absolute atomic E-state index is 0.173. The molecular formula is C11H17N3O3. The van der Waals surface area contributed by atoms with Crippen LogP contribution in [0, 0.1) is 5.92 Å². The smallest absolute Gasteiger partial charge is 0.287 e. The number of carbonyl (C=O) groups excluding carboxylic acids is 1. The largest absolute Gasteiger partial charge is 0.373 e. The van der Waals surface area contributed by atoms with Crippen molar-refractivity contribution in [3.63, 3.8) is 0 Å². The lowest BCUT2D eigenvalue weighted by Crippen LogP contribution is -2.30. The van der Waals surface area contributed by atoms with Gasteiger partial charge in [-0.25, -0.2) is 5.84 Å². The highest BCUT2D eigenvalue weighted by atomic mass is 16.5. The third-order valence-corrected chi connectivity index (χ3v) is 3.00. The molecule has 0 saturated heterocycles. The maximum absolute atomic E-state index is 11.1. The Bertz CT molecular complexity index is 372. The first-order chi connectivity index (χ1) is 8.29. The molecule has 1 aromatic heterocycles.